The first kappa shape index (κ1) is 28.3. The predicted octanol–water partition coefficient (Wildman–Crippen LogP) is 5.51. The average molecular weight is 568 g/mol. The summed E-state index contributed by atoms with van der Waals surface area (Å²) in [6, 6.07) is 11.1. The molecule has 2 aromatic carbocycles. The van der Waals surface area contributed by atoms with Gasteiger partial charge in [0.1, 0.15) is 40.1 Å². The lowest BCUT2D eigenvalue weighted by Gasteiger charge is -2.37. The van der Waals surface area contributed by atoms with Crippen molar-refractivity contribution < 1.29 is 37.7 Å². The maximum atomic E-state index is 14.2. The Hall–Kier alpha value is -4.25. The Balaban J connectivity index is 1.30. The molecule has 2 aliphatic heterocycles. The van der Waals surface area contributed by atoms with Crippen LogP contribution in [0.3, 0.4) is 0 Å². The number of aromatic nitrogens is 1. The zero-order valence-corrected chi connectivity index (χ0v) is 22.9. The number of carbonyl (C=O) groups excluding carboxylic acids is 1. The molecule has 2 saturated heterocycles. The van der Waals surface area contributed by atoms with E-state index in [0.717, 1.165) is 29.0 Å². The van der Waals surface area contributed by atoms with Gasteiger partial charge in [-0.25, -0.2) is 23.4 Å². The molecule has 0 atom stereocenters. The standard InChI is InChI=1S/C30H31F2N3O6/c1-3-39-24-13-19(14-25(40-4-2)27(24)20-5-7-21(31)8-6-20)17-34-11-9-30(10-12-34)18-35(29(38)41-30)26-15-23(32)22(16-33-26)28(36)37/h5-8,13-16H,3-4,9-12,17-18H2,1-2H3,(H,36,37). The van der Waals surface area contributed by atoms with E-state index in [1.807, 2.05) is 26.0 Å². The molecule has 0 radical (unpaired) electrons. The van der Waals surface area contributed by atoms with Crippen LogP contribution in [0, 0.1) is 11.6 Å². The fraction of sp³-hybridized carbons (Fsp3) is 0.367. The molecule has 1 N–H and O–H groups in total. The second-order valence-corrected chi connectivity index (χ2v) is 10.1. The van der Waals surface area contributed by atoms with Gasteiger partial charge in [0.25, 0.3) is 0 Å². The van der Waals surface area contributed by atoms with Crippen LogP contribution in [0.1, 0.15) is 42.6 Å². The van der Waals surface area contributed by atoms with Gasteiger partial charge in [-0.3, -0.25) is 9.80 Å². The largest absolute Gasteiger partial charge is 0.493 e. The Morgan fingerprint density at radius 2 is 1.68 bits per heavy atom. The number of piperidine rings is 1. The van der Waals surface area contributed by atoms with Crippen molar-refractivity contribution in [2.75, 3.05) is 37.7 Å². The summed E-state index contributed by atoms with van der Waals surface area (Å²) in [5.74, 6) is -1.38. The van der Waals surface area contributed by atoms with E-state index in [1.54, 1.807) is 12.1 Å². The smallest absolute Gasteiger partial charge is 0.416 e. The van der Waals surface area contributed by atoms with Crippen molar-refractivity contribution in [2.24, 2.45) is 0 Å². The van der Waals surface area contributed by atoms with Crippen LogP contribution in [0.5, 0.6) is 11.5 Å². The lowest BCUT2D eigenvalue weighted by atomic mass is 9.91. The van der Waals surface area contributed by atoms with Crippen LogP contribution >= 0.6 is 0 Å². The van der Waals surface area contributed by atoms with E-state index < -0.39 is 29.0 Å². The van der Waals surface area contributed by atoms with Gasteiger partial charge in [0.15, 0.2) is 0 Å². The topological polar surface area (TPSA) is 101 Å². The summed E-state index contributed by atoms with van der Waals surface area (Å²) < 4.78 is 45.5. The highest BCUT2D eigenvalue weighted by Gasteiger charge is 2.48. The number of likely N-dealkylation sites (tertiary alicyclic amines) is 1. The molecular formula is C30H31F2N3O6. The molecule has 41 heavy (non-hydrogen) atoms. The van der Waals surface area contributed by atoms with E-state index in [-0.39, 0.29) is 18.2 Å². The Labute approximate surface area is 236 Å². The number of halogens is 2. The molecular weight excluding hydrogens is 536 g/mol. The van der Waals surface area contributed by atoms with Crippen LogP contribution in [0.15, 0.2) is 48.7 Å². The minimum atomic E-state index is -1.43. The van der Waals surface area contributed by atoms with Gasteiger partial charge >= 0.3 is 12.1 Å². The summed E-state index contributed by atoms with van der Waals surface area (Å²) in [6.45, 7) is 6.83. The first-order chi connectivity index (χ1) is 19.7. The monoisotopic (exact) mass is 567 g/mol. The zero-order valence-electron chi connectivity index (χ0n) is 22.9. The highest BCUT2D eigenvalue weighted by molar-refractivity contribution is 5.91. The predicted molar refractivity (Wildman–Crippen MR) is 146 cm³/mol. The molecule has 1 spiro atoms. The third kappa shape index (κ3) is 5.95. The molecule has 0 bridgehead atoms. The molecule has 11 heteroatoms. The minimum absolute atomic E-state index is 0.0185. The molecule has 0 unspecified atom stereocenters. The third-order valence-corrected chi connectivity index (χ3v) is 7.35. The summed E-state index contributed by atoms with van der Waals surface area (Å²) in [6.07, 6.45) is 1.40. The number of pyridine rings is 1. The maximum absolute atomic E-state index is 14.2. The zero-order chi connectivity index (χ0) is 29.1. The Kier molecular flexibility index (Phi) is 8.07. The molecule has 3 heterocycles. The number of hydrogen-bond acceptors (Lipinski definition) is 7. The van der Waals surface area contributed by atoms with Crippen LogP contribution < -0.4 is 14.4 Å². The number of carbonyl (C=O) groups is 2. The Morgan fingerprint density at radius 1 is 1.05 bits per heavy atom. The van der Waals surface area contributed by atoms with Gasteiger partial charge in [-0.05, 0) is 49.2 Å². The van der Waals surface area contributed by atoms with Gasteiger partial charge < -0.3 is 19.3 Å². The molecule has 216 valence electrons. The molecule has 0 aliphatic carbocycles. The number of amides is 1. The van der Waals surface area contributed by atoms with Gasteiger partial charge in [-0.2, -0.15) is 0 Å². The summed E-state index contributed by atoms with van der Waals surface area (Å²) in [4.78, 5) is 31.3. The average Bonchev–Trinajstić information content (AvgIpc) is 3.26. The summed E-state index contributed by atoms with van der Waals surface area (Å²) in [5, 5.41) is 9.05. The van der Waals surface area contributed by atoms with Crippen molar-refractivity contribution in [2.45, 2.75) is 38.8 Å². The Bertz CT molecular complexity index is 1410. The van der Waals surface area contributed by atoms with Gasteiger partial charge in [-0.1, -0.05) is 12.1 Å². The fourth-order valence-electron chi connectivity index (χ4n) is 5.34. The van der Waals surface area contributed by atoms with Gasteiger partial charge in [0, 0.05) is 44.7 Å². The van der Waals surface area contributed by atoms with E-state index in [0.29, 0.717) is 57.2 Å². The lowest BCUT2D eigenvalue weighted by Crippen LogP contribution is -2.46. The number of nitrogens with zero attached hydrogens (tertiary/aromatic N) is 3. The molecule has 5 rings (SSSR count). The number of ether oxygens (including phenoxy) is 3. The van der Waals surface area contributed by atoms with Crippen molar-refractivity contribution in [3.63, 3.8) is 0 Å². The second-order valence-electron chi connectivity index (χ2n) is 10.1. The minimum Gasteiger partial charge on any atom is -0.493 e. The molecule has 1 amide bonds. The highest BCUT2D eigenvalue weighted by Crippen LogP contribution is 2.41. The van der Waals surface area contributed by atoms with Gasteiger partial charge in [0.05, 0.1) is 25.3 Å². The summed E-state index contributed by atoms with van der Waals surface area (Å²) >= 11 is 0. The molecule has 2 aliphatic rings. The highest BCUT2D eigenvalue weighted by atomic mass is 19.1. The molecule has 3 aromatic rings. The fourth-order valence-corrected chi connectivity index (χ4v) is 5.34. The van der Waals surface area contributed by atoms with Gasteiger partial charge in [-0.15, -0.1) is 0 Å². The third-order valence-electron chi connectivity index (χ3n) is 7.35. The van der Waals surface area contributed by atoms with Crippen LogP contribution in [-0.4, -0.2) is 65.5 Å². The van der Waals surface area contributed by atoms with E-state index in [4.69, 9.17) is 19.3 Å². The van der Waals surface area contributed by atoms with Crippen molar-refractivity contribution in [1.29, 1.82) is 0 Å². The number of anilines is 1. The van der Waals surface area contributed by atoms with Gasteiger partial charge in [0.2, 0.25) is 0 Å². The molecule has 2 fully saturated rings. The number of hydrogen-bond donors (Lipinski definition) is 1. The van der Waals surface area contributed by atoms with Crippen LogP contribution in [0.25, 0.3) is 11.1 Å². The number of carboxylic acid groups (broad SMARTS) is 1. The maximum Gasteiger partial charge on any atom is 0.416 e. The normalized spacial score (nSPS) is 16.6. The van der Waals surface area contributed by atoms with E-state index in [2.05, 4.69) is 9.88 Å². The number of benzene rings is 2. The number of carboxylic acids is 1. The van der Waals surface area contributed by atoms with Crippen molar-refractivity contribution in [3.8, 4) is 22.6 Å². The van der Waals surface area contributed by atoms with Crippen molar-refractivity contribution in [3.05, 3.63) is 71.4 Å². The first-order valence-electron chi connectivity index (χ1n) is 13.5. The quantitative estimate of drug-likeness (QED) is 0.361. The lowest BCUT2D eigenvalue weighted by molar-refractivity contribution is -0.00101. The van der Waals surface area contributed by atoms with Crippen LogP contribution in [0.2, 0.25) is 0 Å². The molecule has 1 aromatic heterocycles. The SMILES string of the molecule is CCOc1cc(CN2CCC3(CC2)CN(c2cc(F)c(C(=O)O)cn2)C(=O)O3)cc(OCC)c1-c1ccc(F)cc1. The van der Waals surface area contributed by atoms with E-state index in [1.165, 1.54) is 17.0 Å². The van der Waals surface area contributed by atoms with Crippen LogP contribution in [0.4, 0.5) is 19.4 Å². The molecule has 0 saturated carbocycles. The number of aromatic carboxylic acids is 1. The van der Waals surface area contributed by atoms with E-state index in [9.17, 15) is 18.4 Å². The second kappa shape index (κ2) is 11.7. The number of rotatable bonds is 9. The first-order valence-corrected chi connectivity index (χ1v) is 13.5. The Morgan fingerprint density at radius 3 is 2.24 bits per heavy atom. The van der Waals surface area contributed by atoms with Crippen LogP contribution in [-0.2, 0) is 11.3 Å². The summed E-state index contributed by atoms with van der Waals surface area (Å²) in [5.41, 5.74) is 1.26. The molecule has 9 nitrogen and oxygen atoms in total. The van der Waals surface area contributed by atoms with E-state index >= 15 is 0 Å². The summed E-state index contributed by atoms with van der Waals surface area (Å²) in [7, 11) is 0. The van der Waals surface area contributed by atoms with Crippen molar-refractivity contribution >= 4 is 17.9 Å². The van der Waals surface area contributed by atoms with Crippen molar-refractivity contribution in [1.82, 2.24) is 9.88 Å².